The molecule has 9 heteroatoms. The van der Waals surface area contributed by atoms with Gasteiger partial charge in [-0.1, -0.05) is 11.6 Å². The summed E-state index contributed by atoms with van der Waals surface area (Å²) in [5, 5.41) is 16.3. The van der Waals surface area contributed by atoms with E-state index in [9.17, 15) is 14.7 Å². The fourth-order valence-corrected chi connectivity index (χ4v) is 2.40. The van der Waals surface area contributed by atoms with Crippen molar-refractivity contribution in [3.05, 3.63) is 47.0 Å². The van der Waals surface area contributed by atoms with Crippen LogP contribution in [0.5, 0.6) is 17.2 Å². The van der Waals surface area contributed by atoms with Crippen LogP contribution < -0.4 is 20.2 Å². The van der Waals surface area contributed by atoms with Gasteiger partial charge in [-0.2, -0.15) is 5.10 Å². The van der Waals surface area contributed by atoms with E-state index in [1.807, 2.05) is 0 Å². The summed E-state index contributed by atoms with van der Waals surface area (Å²) in [6, 6.07) is 9.70. The molecule has 0 fully saturated rings. The molecule has 0 aliphatic heterocycles. The molecule has 0 saturated carbocycles. The van der Waals surface area contributed by atoms with Crippen molar-refractivity contribution in [2.45, 2.75) is 13.3 Å². The zero-order valence-corrected chi connectivity index (χ0v) is 16.1. The second-order valence-corrected chi connectivity index (χ2v) is 5.94. The summed E-state index contributed by atoms with van der Waals surface area (Å²) in [7, 11) is 1.54. The minimum Gasteiger partial charge on any atom is -0.503 e. The third kappa shape index (κ3) is 6.17. The number of nitrogens with zero attached hydrogens (tertiary/aromatic N) is 1. The van der Waals surface area contributed by atoms with Crippen molar-refractivity contribution < 1.29 is 24.2 Å². The number of methoxy groups -OCH3 is 1. The largest absolute Gasteiger partial charge is 0.503 e. The Bertz CT molecular complexity index is 869. The summed E-state index contributed by atoms with van der Waals surface area (Å²) < 4.78 is 10.3. The maximum Gasteiger partial charge on any atom is 0.249 e. The van der Waals surface area contributed by atoms with E-state index in [0.717, 1.165) is 0 Å². The number of hydrogen-bond acceptors (Lipinski definition) is 6. The molecule has 2 aromatic carbocycles. The number of anilines is 1. The average Bonchev–Trinajstić information content (AvgIpc) is 2.66. The number of aromatic hydroxyl groups is 1. The number of hydrazone groups is 1. The molecule has 0 atom stereocenters. The van der Waals surface area contributed by atoms with E-state index >= 15 is 0 Å². The Morgan fingerprint density at radius 3 is 2.57 bits per heavy atom. The van der Waals surface area contributed by atoms with Crippen LogP contribution in [0.15, 0.2) is 41.5 Å². The lowest BCUT2D eigenvalue weighted by molar-refractivity contribution is -0.126. The van der Waals surface area contributed by atoms with Gasteiger partial charge < -0.3 is 19.9 Å². The number of phenols is 1. The first-order valence-electron chi connectivity index (χ1n) is 8.34. The molecule has 0 aliphatic rings. The van der Waals surface area contributed by atoms with E-state index in [0.29, 0.717) is 23.6 Å². The number of benzene rings is 2. The smallest absolute Gasteiger partial charge is 0.249 e. The Kier molecular flexibility index (Phi) is 7.65. The Morgan fingerprint density at radius 2 is 1.93 bits per heavy atom. The highest BCUT2D eigenvalue weighted by atomic mass is 35.5. The minimum absolute atomic E-state index is 0.0950. The third-order valence-corrected chi connectivity index (χ3v) is 3.74. The number of ether oxygens (including phenoxy) is 2. The summed E-state index contributed by atoms with van der Waals surface area (Å²) in [5.74, 6) is -0.366. The molecule has 0 saturated heterocycles. The van der Waals surface area contributed by atoms with E-state index < -0.39 is 18.2 Å². The molecule has 2 rings (SSSR count). The Hall–Kier alpha value is -3.26. The normalized spacial score (nSPS) is 10.5. The number of carbonyl (C=O) groups is 2. The lowest BCUT2D eigenvalue weighted by atomic mass is 10.2. The van der Waals surface area contributed by atoms with Gasteiger partial charge in [-0.15, -0.1) is 0 Å². The topological polar surface area (TPSA) is 109 Å². The molecule has 0 aromatic heterocycles. The quantitative estimate of drug-likeness (QED) is 0.355. The third-order valence-electron chi connectivity index (χ3n) is 3.45. The zero-order valence-electron chi connectivity index (χ0n) is 15.4. The molecule has 0 spiro atoms. The Morgan fingerprint density at radius 1 is 1.21 bits per heavy atom. The van der Waals surface area contributed by atoms with Gasteiger partial charge in [0.15, 0.2) is 11.5 Å². The summed E-state index contributed by atoms with van der Waals surface area (Å²) in [5.41, 5.74) is 3.31. The molecule has 0 aliphatic carbocycles. The monoisotopic (exact) mass is 405 g/mol. The lowest BCUT2D eigenvalue weighted by Crippen LogP contribution is -2.24. The maximum atomic E-state index is 11.9. The minimum atomic E-state index is -0.586. The standard InChI is InChI=1S/C19H20ClN3O5/c1-3-28-16-9-12(8-15(20)19(16)26)11-21-23-18(25)10-17(24)22-13-4-6-14(27-2)7-5-13/h4-9,11,26H,3,10H2,1-2H3,(H,22,24)(H,23,25)/b21-11+. The van der Waals surface area contributed by atoms with Crippen molar-refractivity contribution in [3.8, 4) is 17.2 Å². The molecule has 148 valence electrons. The van der Waals surface area contributed by atoms with Crippen molar-refractivity contribution in [2.75, 3.05) is 19.0 Å². The van der Waals surface area contributed by atoms with Crippen LogP contribution in [0.4, 0.5) is 5.69 Å². The number of halogens is 1. The summed E-state index contributed by atoms with van der Waals surface area (Å²) in [4.78, 5) is 23.7. The number of phenolic OH excluding ortho intramolecular Hbond substituents is 1. The van der Waals surface area contributed by atoms with E-state index in [4.69, 9.17) is 21.1 Å². The first-order valence-corrected chi connectivity index (χ1v) is 8.71. The molecule has 8 nitrogen and oxygen atoms in total. The number of amides is 2. The average molecular weight is 406 g/mol. The van der Waals surface area contributed by atoms with Gasteiger partial charge in [0, 0.05) is 5.69 Å². The van der Waals surface area contributed by atoms with Gasteiger partial charge in [0.2, 0.25) is 11.8 Å². The number of nitrogens with one attached hydrogen (secondary N) is 2. The van der Waals surface area contributed by atoms with Crippen LogP contribution in [0.25, 0.3) is 0 Å². The van der Waals surface area contributed by atoms with Gasteiger partial charge in [-0.05, 0) is 48.9 Å². The van der Waals surface area contributed by atoms with Crippen molar-refractivity contribution in [2.24, 2.45) is 5.10 Å². The predicted octanol–water partition coefficient (Wildman–Crippen LogP) is 2.93. The molecule has 0 radical (unpaired) electrons. The van der Waals surface area contributed by atoms with Crippen molar-refractivity contribution >= 4 is 35.3 Å². The van der Waals surface area contributed by atoms with Crippen LogP contribution in [-0.2, 0) is 9.59 Å². The van der Waals surface area contributed by atoms with Crippen LogP contribution in [0, 0.1) is 0 Å². The van der Waals surface area contributed by atoms with E-state index in [2.05, 4.69) is 15.8 Å². The molecule has 2 aromatic rings. The van der Waals surface area contributed by atoms with Crippen molar-refractivity contribution in [3.63, 3.8) is 0 Å². The van der Waals surface area contributed by atoms with Gasteiger partial charge in [0.1, 0.15) is 12.2 Å². The summed E-state index contributed by atoms with van der Waals surface area (Å²) >= 11 is 5.92. The maximum absolute atomic E-state index is 11.9. The Labute approximate surface area is 167 Å². The number of hydrogen-bond donors (Lipinski definition) is 3. The summed E-state index contributed by atoms with van der Waals surface area (Å²) in [6.45, 7) is 2.12. The number of carbonyl (C=O) groups excluding carboxylic acids is 2. The number of rotatable bonds is 8. The van der Waals surface area contributed by atoms with E-state index in [1.165, 1.54) is 18.3 Å². The predicted molar refractivity (Wildman–Crippen MR) is 106 cm³/mol. The molecule has 0 bridgehead atoms. The van der Waals surface area contributed by atoms with Gasteiger partial charge in [0.05, 0.1) is 25.0 Å². The molecular formula is C19H20ClN3O5. The fraction of sp³-hybridized carbons (Fsp3) is 0.211. The van der Waals surface area contributed by atoms with Gasteiger partial charge >= 0.3 is 0 Å². The van der Waals surface area contributed by atoms with E-state index in [-0.39, 0.29) is 16.5 Å². The van der Waals surface area contributed by atoms with E-state index in [1.54, 1.807) is 38.3 Å². The van der Waals surface area contributed by atoms with Crippen molar-refractivity contribution in [1.29, 1.82) is 0 Å². The second-order valence-electron chi connectivity index (χ2n) is 5.53. The van der Waals surface area contributed by atoms with Gasteiger partial charge in [0.25, 0.3) is 0 Å². The SMILES string of the molecule is CCOc1cc(/C=N/NC(=O)CC(=O)Nc2ccc(OC)cc2)cc(Cl)c1O. The highest BCUT2D eigenvalue weighted by Crippen LogP contribution is 2.34. The molecule has 2 amide bonds. The molecule has 28 heavy (non-hydrogen) atoms. The first kappa shape index (κ1) is 21.0. The zero-order chi connectivity index (χ0) is 20.5. The molecule has 3 N–H and O–H groups in total. The van der Waals surface area contributed by atoms with Gasteiger partial charge in [-0.3, -0.25) is 9.59 Å². The van der Waals surface area contributed by atoms with Crippen LogP contribution in [0.2, 0.25) is 5.02 Å². The first-order chi connectivity index (χ1) is 13.4. The van der Waals surface area contributed by atoms with Crippen LogP contribution in [0.3, 0.4) is 0 Å². The fourth-order valence-electron chi connectivity index (χ4n) is 2.18. The lowest BCUT2D eigenvalue weighted by Gasteiger charge is -2.08. The summed E-state index contributed by atoms with van der Waals surface area (Å²) in [6.07, 6.45) is 0.928. The highest BCUT2D eigenvalue weighted by Gasteiger charge is 2.10. The van der Waals surface area contributed by atoms with Gasteiger partial charge in [-0.25, -0.2) is 5.43 Å². The highest BCUT2D eigenvalue weighted by molar-refractivity contribution is 6.32. The second kappa shape index (κ2) is 10.2. The Balaban J connectivity index is 1.88. The molecule has 0 heterocycles. The van der Waals surface area contributed by atoms with Crippen molar-refractivity contribution in [1.82, 2.24) is 5.43 Å². The van der Waals surface area contributed by atoms with Crippen LogP contribution in [-0.4, -0.2) is 36.9 Å². The molecular weight excluding hydrogens is 386 g/mol. The van der Waals surface area contributed by atoms with Crippen LogP contribution >= 0.6 is 11.6 Å². The van der Waals surface area contributed by atoms with Crippen LogP contribution in [0.1, 0.15) is 18.9 Å². The molecule has 0 unspecified atom stereocenters.